The molecular weight excluding hydrogens is 193 g/mol. The average molecular weight is 208 g/mol. The second-order valence-corrected chi connectivity index (χ2v) is 3.69. The van der Waals surface area contributed by atoms with Crippen LogP contribution in [-0.4, -0.2) is 17.4 Å². The van der Waals surface area contributed by atoms with E-state index in [0.29, 0.717) is 0 Å². The van der Waals surface area contributed by atoms with Crippen LogP contribution in [0.15, 0.2) is 11.6 Å². The lowest BCUT2D eigenvalue weighted by Gasteiger charge is -2.19. The van der Waals surface area contributed by atoms with E-state index in [4.69, 9.17) is 0 Å². The van der Waals surface area contributed by atoms with Gasteiger partial charge < -0.3 is 5.11 Å². The Labute approximate surface area is 81.6 Å². The molecule has 0 spiro atoms. The van der Waals surface area contributed by atoms with Crippen molar-refractivity contribution in [3.05, 3.63) is 11.6 Å². The predicted molar refractivity (Wildman–Crippen MR) is 47.8 cm³/mol. The van der Waals surface area contributed by atoms with E-state index < -0.39 is 18.7 Å². The van der Waals surface area contributed by atoms with E-state index in [9.17, 15) is 18.3 Å². The lowest BCUT2D eigenvalue weighted by atomic mass is 9.93. The molecule has 0 saturated carbocycles. The van der Waals surface area contributed by atoms with Crippen LogP contribution >= 0.6 is 0 Å². The largest absolute Gasteiger partial charge is 0.389 e. The zero-order valence-electron chi connectivity index (χ0n) is 7.98. The molecule has 1 nitrogen and oxygen atoms in total. The predicted octanol–water partition coefficient (Wildman–Crippen LogP) is 3.19. The molecule has 0 radical (unpaired) electrons. The number of allylic oxidation sites excluding steroid dienone is 1. The minimum Gasteiger partial charge on any atom is -0.389 e. The van der Waals surface area contributed by atoms with Crippen molar-refractivity contribution in [2.45, 2.75) is 50.8 Å². The van der Waals surface area contributed by atoms with Crippen LogP contribution in [0.2, 0.25) is 0 Å². The fourth-order valence-electron chi connectivity index (χ4n) is 1.65. The Morgan fingerprint density at radius 3 is 2.57 bits per heavy atom. The zero-order valence-corrected chi connectivity index (χ0v) is 7.98. The molecule has 14 heavy (non-hydrogen) atoms. The number of rotatable bonds is 3. The van der Waals surface area contributed by atoms with Crippen LogP contribution in [0.1, 0.15) is 38.5 Å². The summed E-state index contributed by atoms with van der Waals surface area (Å²) in [6.07, 6.45) is -0.569. The van der Waals surface area contributed by atoms with Gasteiger partial charge in [0.2, 0.25) is 0 Å². The minimum atomic E-state index is -4.16. The smallest absolute Gasteiger partial charge is 0.389 e. The second kappa shape index (κ2) is 4.82. The Hall–Kier alpha value is -0.510. The molecule has 1 rings (SSSR count). The summed E-state index contributed by atoms with van der Waals surface area (Å²) in [5, 5.41) is 9.47. The fraction of sp³-hybridized carbons (Fsp3) is 0.800. The highest BCUT2D eigenvalue weighted by Gasteiger charge is 2.28. The molecule has 1 aliphatic carbocycles. The molecule has 0 aliphatic heterocycles. The number of aliphatic hydroxyl groups is 1. The van der Waals surface area contributed by atoms with Crippen LogP contribution in [0, 0.1) is 0 Å². The SMILES string of the molecule is OC(CCC(F)(F)F)C1=CCCCC1. The molecule has 0 heterocycles. The summed E-state index contributed by atoms with van der Waals surface area (Å²) < 4.78 is 35.6. The molecule has 4 heteroatoms. The van der Waals surface area contributed by atoms with Gasteiger partial charge in [0.1, 0.15) is 0 Å². The lowest BCUT2D eigenvalue weighted by Crippen LogP contribution is -2.17. The number of aliphatic hydroxyl groups excluding tert-OH is 1. The quantitative estimate of drug-likeness (QED) is 0.706. The van der Waals surface area contributed by atoms with E-state index in [2.05, 4.69) is 0 Å². The summed E-state index contributed by atoms with van der Waals surface area (Å²) in [5.74, 6) is 0. The molecule has 0 amide bonds. The maximum Gasteiger partial charge on any atom is 0.389 e. The highest BCUT2D eigenvalue weighted by atomic mass is 19.4. The van der Waals surface area contributed by atoms with Gasteiger partial charge in [-0.05, 0) is 37.7 Å². The van der Waals surface area contributed by atoms with E-state index in [1.165, 1.54) is 0 Å². The van der Waals surface area contributed by atoms with Gasteiger partial charge in [0, 0.05) is 6.42 Å². The van der Waals surface area contributed by atoms with Gasteiger partial charge in [0.15, 0.2) is 0 Å². The van der Waals surface area contributed by atoms with Crippen molar-refractivity contribution in [2.75, 3.05) is 0 Å². The highest BCUT2D eigenvalue weighted by Crippen LogP contribution is 2.27. The Bertz CT molecular complexity index is 208. The van der Waals surface area contributed by atoms with Crippen LogP contribution in [-0.2, 0) is 0 Å². The van der Waals surface area contributed by atoms with Crippen molar-refractivity contribution < 1.29 is 18.3 Å². The van der Waals surface area contributed by atoms with Gasteiger partial charge in [-0.15, -0.1) is 0 Å². The van der Waals surface area contributed by atoms with E-state index in [1.807, 2.05) is 6.08 Å². The van der Waals surface area contributed by atoms with Gasteiger partial charge in [-0.3, -0.25) is 0 Å². The van der Waals surface area contributed by atoms with Crippen LogP contribution in [0.3, 0.4) is 0 Å². The maximum atomic E-state index is 11.9. The first kappa shape index (κ1) is 11.6. The first-order valence-corrected chi connectivity index (χ1v) is 4.93. The number of alkyl halides is 3. The first-order chi connectivity index (χ1) is 6.49. The third kappa shape index (κ3) is 4.13. The Morgan fingerprint density at radius 1 is 1.36 bits per heavy atom. The first-order valence-electron chi connectivity index (χ1n) is 4.93. The van der Waals surface area contributed by atoms with Gasteiger partial charge in [-0.25, -0.2) is 0 Å². The molecule has 1 unspecified atom stereocenters. The van der Waals surface area contributed by atoms with Gasteiger partial charge >= 0.3 is 6.18 Å². The van der Waals surface area contributed by atoms with Crippen molar-refractivity contribution in [1.82, 2.24) is 0 Å². The molecule has 0 aromatic heterocycles. The number of halogens is 3. The molecule has 1 N–H and O–H groups in total. The number of hydrogen-bond acceptors (Lipinski definition) is 1. The monoisotopic (exact) mass is 208 g/mol. The van der Waals surface area contributed by atoms with Crippen molar-refractivity contribution in [3.63, 3.8) is 0 Å². The fourth-order valence-corrected chi connectivity index (χ4v) is 1.65. The maximum absolute atomic E-state index is 11.9. The van der Waals surface area contributed by atoms with Crippen molar-refractivity contribution >= 4 is 0 Å². The van der Waals surface area contributed by atoms with Crippen molar-refractivity contribution in [2.24, 2.45) is 0 Å². The van der Waals surface area contributed by atoms with Crippen LogP contribution in [0.5, 0.6) is 0 Å². The normalized spacial score (nSPS) is 20.4. The minimum absolute atomic E-state index is 0.199. The summed E-state index contributed by atoms with van der Waals surface area (Å²) >= 11 is 0. The summed E-state index contributed by atoms with van der Waals surface area (Å²) in [7, 11) is 0. The van der Waals surface area contributed by atoms with E-state index in [-0.39, 0.29) is 6.42 Å². The van der Waals surface area contributed by atoms with E-state index >= 15 is 0 Å². The molecule has 82 valence electrons. The van der Waals surface area contributed by atoms with Gasteiger partial charge in [0.05, 0.1) is 6.10 Å². The third-order valence-corrected chi connectivity index (χ3v) is 2.46. The van der Waals surface area contributed by atoms with Crippen molar-refractivity contribution in [1.29, 1.82) is 0 Å². The molecule has 1 aliphatic rings. The van der Waals surface area contributed by atoms with Crippen LogP contribution in [0.4, 0.5) is 13.2 Å². The Kier molecular flexibility index (Phi) is 3.98. The molecule has 1 atom stereocenters. The van der Waals surface area contributed by atoms with Gasteiger partial charge in [0.25, 0.3) is 0 Å². The molecule has 0 bridgehead atoms. The molecule has 0 fully saturated rings. The van der Waals surface area contributed by atoms with E-state index in [0.717, 1.165) is 31.3 Å². The molecular formula is C10H15F3O. The standard InChI is InChI=1S/C10H15F3O/c11-10(12,13)7-6-9(14)8-4-2-1-3-5-8/h4,9,14H,1-3,5-7H2. The molecule has 0 aromatic rings. The number of hydrogen-bond donors (Lipinski definition) is 1. The highest BCUT2D eigenvalue weighted by molar-refractivity contribution is 5.10. The summed E-state index contributed by atoms with van der Waals surface area (Å²) in [5.41, 5.74) is 0.792. The molecule has 0 saturated heterocycles. The van der Waals surface area contributed by atoms with Gasteiger partial charge in [-0.2, -0.15) is 13.2 Å². The second-order valence-electron chi connectivity index (χ2n) is 3.69. The summed E-state index contributed by atoms with van der Waals surface area (Å²) in [4.78, 5) is 0. The Balaban J connectivity index is 2.34. The van der Waals surface area contributed by atoms with E-state index in [1.54, 1.807) is 0 Å². The topological polar surface area (TPSA) is 20.2 Å². The van der Waals surface area contributed by atoms with Crippen molar-refractivity contribution in [3.8, 4) is 0 Å². The van der Waals surface area contributed by atoms with Crippen LogP contribution in [0.25, 0.3) is 0 Å². The summed E-state index contributed by atoms with van der Waals surface area (Å²) in [6, 6.07) is 0. The molecule has 0 aromatic carbocycles. The average Bonchev–Trinajstić information content (AvgIpc) is 2.14. The third-order valence-electron chi connectivity index (χ3n) is 2.46. The lowest BCUT2D eigenvalue weighted by molar-refractivity contribution is -0.139. The summed E-state index contributed by atoms with van der Waals surface area (Å²) in [6.45, 7) is 0. The zero-order chi connectivity index (χ0) is 10.6. The van der Waals surface area contributed by atoms with Crippen LogP contribution < -0.4 is 0 Å². The van der Waals surface area contributed by atoms with Gasteiger partial charge in [-0.1, -0.05) is 6.08 Å². The Morgan fingerprint density at radius 2 is 2.07 bits per heavy atom.